The van der Waals surface area contributed by atoms with Gasteiger partial charge in [-0.25, -0.2) is 4.98 Å². The number of aromatic nitrogens is 2. The van der Waals surface area contributed by atoms with Crippen molar-refractivity contribution in [2.45, 2.75) is 23.4 Å². The number of imidazole rings is 1. The topological polar surface area (TPSA) is 59.4 Å². The third-order valence-electron chi connectivity index (χ3n) is 4.02. The number of carbonyl (C=O) groups is 1. The van der Waals surface area contributed by atoms with E-state index in [1.54, 1.807) is 13.3 Å². The maximum atomic E-state index is 12.4. The summed E-state index contributed by atoms with van der Waals surface area (Å²) in [5.74, 6) is 0.832. The molecule has 1 amide bonds. The van der Waals surface area contributed by atoms with E-state index in [-0.39, 0.29) is 17.2 Å². The Hall–Kier alpha value is -1.99. The molecule has 2 rings (SSSR count). The van der Waals surface area contributed by atoms with E-state index < -0.39 is 0 Å². The second-order valence-corrected chi connectivity index (χ2v) is 7.39. The summed E-state index contributed by atoms with van der Waals surface area (Å²) in [7, 11) is 7.59. The quantitative estimate of drug-likeness (QED) is 0.731. The van der Waals surface area contributed by atoms with Crippen LogP contribution in [-0.4, -0.2) is 53.4 Å². The summed E-state index contributed by atoms with van der Waals surface area (Å²) in [6.45, 7) is 2.44. The lowest BCUT2D eigenvalue weighted by molar-refractivity contribution is -0.120. The summed E-state index contributed by atoms with van der Waals surface area (Å²) < 4.78 is 7.12. The molecule has 25 heavy (non-hydrogen) atoms. The number of aryl methyl sites for hydroxylation is 1. The molecule has 0 aliphatic rings. The first-order chi connectivity index (χ1) is 11.9. The van der Waals surface area contributed by atoms with Crippen LogP contribution in [0.4, 0.5) is 0 Å². The van der Waals surface area contributed by atoms with E-state index in [0.717, 1.165) is 16.5 Å². The Morgan fingerprint density at radius 3 is 2.56 bits per heavy atom. The number of thioether (sulfide) groups is 1. The van der Waals surface area contributed by atoms with Crippen molar-refractivity contribution in [3.8, 4) is 5.75 Å². The van der Waals surface area contributed by atoms with E-state index in [1.807, 2.05) is 63.1 Å². The van der Waals surface area contributed by atoms with Crippen molar-refractivity contribution in [1.29, 1.82) is 0 Å². The SMILES string of the molecule is COc1ccc(C(CNC(=O)C(C)Sc2nccn2C)N(C)C)cc1. The molecule has 0 saturated heterocycles. The standard InChI is InChI=1S/C18H26N4O2S/c1-13(25-18-19-10-11-22(18)4)17(23)20-12-16(21(2)3)14-6-8-15(24-5)9-7-14/h6-11,13,16H,12H2,1-5H3,(H,20,23). The molecule has 0 saturated carbocycles. The lowest BCUT2D eigenvalue weighted by Crippen LogP contribution is -2.38. The Morgan fingerprint density at radius 1 is 1.36 bits per heavy atom. The smallest absolute Gasteiger partial charge is 0.233 e. The van der Waals surface area contributed by atoms with Gasteiger partial charge in [0.2, 0.25) is 5.91 Å². The number of likely N-dealkylation sites (N-methyl/N-ethyl adjacent to an activating group) is 1. The molecule has 0 bridgehead atoms. The van der Waals surface area contributed by atoms with Gasteiger partial charge in [-0.2, -0.15) is 0 Å². The number of carbonyl (C=O) groups excluding carboxylic acids is 1. The van der Waals surface area contributed by atoms with Gasteiger partial charge in [0.25, 0.3) is 0 Å². The fraction of sp³-hybridized carbons (Fsp3) is 0.444. The van der Waals surface area contributed by atoms with Gasteiger partial charge in [0.15, 0.2) is 5.16 Å². The zero-order valence-electron chi connectivity index (χ0n) is 15.4. The summed E-state index contributed by atoms with van der Waals surface area (Å²) in [4.78, 5) is 18.8. The number of hydrogen-bond donors (Lipinski definition) is 1. The molecule has 1 aromatic heterocycles. The van der Waals surface area contributed by atoms with Gasteiger partial charge >= 0.3 is 0 Å². The van der Waals surface area contributed by atoms with Crippen molar-refractivity contribution in [2.24, 2.45) is 7.05 Å². The van der Waals surface area contributed by atoms with Crippen LogP contribution in [-0.2, 0) is 11.8 Å². The Kier molecular flexibility index (Phi) is 6.90. The molecule has 1 aromatic carbocycles. The first kappa shape index (κ1) is 19.3. The highest BCUT2D eigenvalue weighted by atomic mass is 32.2. The van der Waals surface area contributed by atoms with Crippen molar-refractivity contribution in [2.75, 3.05) is 27.7 Å². The first-order valence-corrected chi connectivity index (χ1v) is 9.02. The summed E-state index contributed by atoms with van der Waals surface area (Å²) in [5.41, 5.74) is 1.13. The Bertz CT molecular complexity index is 685. The van der Waals surface area contributed by atoms with E-state index in [1.165, 1.54) is 11.8 Å². The monoisotopic (exact) mass is 362 g/mol. The average Bonchev–Trinajstić information content (AvgIpc) is 3.00. The summed E-state index contributed by atoms with van der Waals surface area (Å²) >= 11 is 1.46. The molecule has 1 N–H and O–H groups in total. The Morgan fingerprint density at radius 2 is 2.04 bits per heavy atom. The van der Waals surface area contributed by atoms with Crippen LogP contribution in [0.2, 0.25) is 0 Å². The van der Waals surface area contributed by atoms with Gasteiger partial charge in [-0.15, -0.1) is 0 Å². The van der Waals surface area contributed by atoms with Crippen LogP contribution in [0.15, 0.2) is 41.8 Å². The molecule has 0 fully saturated rings. The highest BCUT2D eigenvalue weighted by Gasteiger charge is 2.20. The summed E-state index contributed by atoms with van der Waals surface area (Å²) in [6, 6.07) is 8.03. The zero-order chi connectivity index (χ0) is 18.4. The molecular weight excluding hydrogens is 336 g/mol. The van der Waals surface area contributed by atoms with Crippen molar-refractivity contribution in [3.05, 3.63) is 42.2 Å². The predicted octanol–water partition coefficient (Wildman–Crippen LogP) is 2.33. The number of nitrogens with zero attached hydrogens (tertiary/aromatic N) is 3. The third kappa shape index (κ3) is 5.24. The molecule has 136 valence electrons. The van der Waals surface area contributed by atoms with Gasteiger partial charge in [0, 0.05) is 26.0 Å². The van der Waals surface area contributed by atoms with Crippen LogP contribution in [0.25, 0.3) is 0 Å². The van der Waals surface area contributed by atoms with Crippen LogP contribution in [0.1, 0.15) is 18.5 Å². The van der Waals surface area contributed by atoms with Gasteiger partial charge in [-0.1, -0.05) is 23.9 Å². The molecule has 0 aliphatic carbocycles. The average molecular weight is 362 g/mol. The molecule has 0 radical (unpaired) electrons. The molecule has 2 atom stereocenters. The maximum Gasteiger partial charge on any atom is 0.233 e. The summed E-state index contributed by atoms with van der Waals surface area (Å²) in [5, 5.41) is 3.68. The van der Waals surface area contributed by atoms with E-state index in [4.69, 9.17) is 4.74 Å². The van der Waals surface area contributed by atoms with Crippen LogP contribution >= 0.6 is 11.8 Å². The van der Waals surface area contributed by atoms with Gasteiger partial charge in [0.1, 0.15) is 5.75 Å². The normalized spacial score (nSPS) is 13.5. The van der Waals surface area contributed by atoms with E-state index in [9.17, 15) is 4.79 Å². The fourth-order valence-corrected chi connectivity index (χ4v) is 3.30. The Labute approximate surface area is 153 Å². The number of hydrogen-bond acceptors (Lipinski definition) is 5. The Balaban J connectivity index is 1.95. The van der Waals surface area contributed by atoms with Crippen molar-refractivity contribution in [3.63, 3.8) is 0 Å². The highest BCUT2D eigenvalue weighted by Crippen LogP contribution is 2.23. The molecule has 7 heteroatoms. The number of benzene rings is 1. The zero-order valence-corrected chi connectivity index (χ0v) is 16.2. The van der Waals surface area contributed by atoms with Crippen LogP contribution in [0.3, 0.4) is 0 Å². The van der Waals surface area contributed by atoms with Crippen LogP contribution in [0, 0.1) is 0 Å². The minimum atomic E-state index is -0.209. The predicted molar refractivity (Wildman–Crippen MR) is 101 cm³/mol. The molecule has 0 spiro atoms. The molecule has 0 aliphatic heterocycles. The van der Waals surface area contributed by atoms with Crippen molar-refractivity contribution >= 4 is 17.7 Å². The molecule has 2 unspecified atom stereocenters. The minimum Gasteiger partial charge on any atom is -0.497 e. The molecule has 2 aromatic rings. The van der Waals surface area contributed by atoms with Gasteiger partial charge in [0.05, 0.1) is 18.4 Å². The van der Waals surface area contributed by atoms with Crippen molar-refractivity contribution in [1.82, 2.24) is 19.8 Å². The molecular formula is C18H26N4O2S. The van der Waals surface area contributed by atoms with Crippen LogP contribution < -0.4 is 10.1 Å². The minimum absolute atomic E-state index is 0.00774. The van der Waals surface area contributed by atoms with Gasteiger partial charge in [-0.3, -0.25) is 4.79 Å². The molecule has 1 heterocycles. The summed E-state index contributed by atoms with van der Waals surface area (Å²) in [6.07, 6.45) is 3.61. The van der Waals surface area contributed by atoms with E-state index in [2.05, 4.69) is 15.2 Å². The second-order valence-electron chi connectivity index (χ2n) is 6.08. The van der Waals surface area contributed by atoms with Gasteiger partial charge in [-0.05, 0) is 38.7 Å². The van der Waals surface area contributed by atoms with Crippen molar-refractivity contribution < 1.29 is 9.53 Å². The number of rotatable bonds is 8. The fourth-order valence-electron chi connectivity index (χ4n) is 2.44. The number of ether oxygens (including phenoxy) is 1. The first-order valence-electron chi connectivity index (χ1n) is 8.14. The largest absolute Gasteiger partial charge is 0.497 e. The third-order valence-corrected chi connectivity index (χ3v) is 5.19. The van der Waals surface area contributed by atoms with Gasteiger partial charge < -0.3 is 19.5 Å². The van der Waals surface area contributed by atoms with Crippen LogP contribution in [0.5, 0.6) is 5.75 Å². The lowest BCUT2D eigenvalue weighted by atomic mass is 10.1. The van der Waals surface area contributed by atoms with E-state index in [0.29, 0.717) is 6.54 Å². The molecule has 6 nitrogen and oxygen atoms in total. The van der Waals surface area contributed by atoms with E-state index >= 15 is 0 Å². The lowest BCUT2D eigenvalue weighted by Gasteiger charge is -2.26. The number of amides is 1. The number of methoxy groups -OCH3 is 1. The maximum absolute atomic E-state index is 12.4. The number of nitrogens with one attached hydrogen (secondary N) is 1. The second kappa shape index (κ2) is 8.92. The highest BCUT2D eigenvalue weighted by molar-refractivity contribution is 8.00.